The zero-order chi connectivity index (χ0) is 19.2. The molecule has 1 unspecified atom stereocenters. The molecule has 1 saturated heterocycles. The van der Waals surface area contributed by atoms with E-state index in [4.69, 9.17) is 18.9 Å². The van der Waals surface area contributed by atoms with Crippen molar-refractivity contribution in [1.82, 2.24) is 5.32 Å². The van der Waals surface area contributed by atoms with Crippen LogP contribution < -0.4 is 15.4 Å². The summed E-state index contributed by atoms with van der Waals surface area (Å²) < 4.78 is 22.0. The number of guanidine groups is 1. The predicted molar refractivity (Wildman–Crippen MR) is 108 cm³/mol. The summed E-state index contributed by atoms with van der Waals surface area (Å²) in [5.41, 5.74) is 0.932. The maximum atomic E-state index is 5.72. The Balaban J connectivity index is 1.62. The number of ether oxygens (including phenoxy) is 4. The highest BCUT2D eigenvalue weighted by Gasteiger charge is 2.14. The smallest absolute Gasteiger partial charge is 0.195 e. The number of hydrogen-bond acceptors (Lipinski definition) is 5. The van der Waals surface area contributed by atoms with Gasteiger partial charge in [-0.2, -0.15) is 0 Å². The minimum Gasteiger partial charge on any atom is -0.493 e. The first-order chi connectivity index (χ1) is 13.3. The van der Waals surface area contributed by atoms with Gasteiger partial charge in [-0.25, -0.2) is 0 Å². The molecular weight excluding hydrogens is 346 g/mol. The minimum absolute atomic E-state index is 0.288. The molecule has 1 aliphatic heterocycles. The van der Waals surface area contributed by atoms with E-state index < -0.39 is 0 Å². The summed E-state index contributed by atoms with van der Waals surface area (Å²) >= 11 is 0. The van der Waals surface area contributed by atoms with Crippen molar-refractivity contribution in [2.24, 2.45) is 4.99 Å². The van der Waals surface area contributed by atoms with Crippen LogP contribution in [0.2, 0.25) is 0 Å². The van der Waals surface area contributed by atoms with Gasteiger partial charge in [-0.1, -0.05) is 6.07 Å². The molecule has 0 radical (unpaired) electrons. The Morgan fingerprint density at radius 2 is 2.19 bits per heavy atom. The van der Waals surface area contributed by atoms with Crippen LogP contribution in [0.5, 0.6) is 5.75 Å². The third-order valence-electron chi connectivity index (χ3n) is 4.17. The zero-order valence-electron chi connectivity index (χ0n) is 16.5. The molecular formula is C20H33N3O4. The Kier molecular flexibility index (Phi) is 10.6. The number of methoxy groups -OCH3 is 1. The lowest BCUT2D eigenvalue weighted by atomic mass is 10.2. The van der Waals surface area contributed by atoms with Gasteiger partial charge in [-0.05, 0) is 31.4 Å². The van der Waals surface area contributed by atoms with Gasteiger partial charge in [0.15, 0.2) is 5.96 Å². The Morgan fingerprint density at radius 3 is 2.96 bits per heavy atom. The van der Waals surface area contributed by atoms with Crippen molar-refractivity contribution in [3.05, 3.63) is 24.3 Å². The monoisotopic (exact) mass is 379 g/mol. The van der Waals surface area contributed by atoms with Crippen LogP contribution in [0.1, 0.15) is 25.7 Å². The number of benzene rings is 1. The van der Waals surface area contributed by atoms with Crippen molar-refractivity contribution in [2.45, 2.75) is 31.8 Å². The second-order valence-corrected chi connectivity index (χ2v) is 6.41. The van der Waals surface area contributed by atoms with E-state index in [9.17, 15) is 0 Å². The van der Waals surface area contributed by atoms with Crippen molar-refractivity contribution in [2.75, 3.05) is 59.1 Å². The average Bonchev–Trinajstić information content (AvgIpc) is 3.21. The molecule has 0 aliphatic carbocycles. The van der Waals surface area contributed by atoms with Crippen LogP contribution in [0.4, 0.5) is 5.69 Å². The van der Waals surface area contributed by atoms with Crippen molar-refractivity contribution < 1.29 is 18.9 Å². The normalized spacial score (nSPS) is 17.1. The first kappa shape index (κ1) is 21.5. The van der Waals surface area contributed by atoms with E-state index in [1.54, 1.807) is 14.2 Å². The van der Waals surface area contributed by atoms with Gasteiger partial charge < -0.3 is 29.6 Å². The van der Waals surface area contributed by atoms with E-state index in [-0.39, 0.29) is 6.10 Å². The van der Waals surface area contributed by atoms with Gasteiger partial charge in [0.1, 0.15) is 5.75 Å². The van der Waals surface area contributed by atoms with Gasteiger partial charge in [0.05, 0.1) is 19.3 Å². The fourth-order valence-electron chi connectivity index (χ4n) is 2.74. The molecule has 2 rings (SSSR count). The van der Waals surface area contributed by atoms with Crippen molar-refractivity contribution >= 4 is 11.6 Å². The maximum absolute atomic E-state index is 5.72. The number of nitrogens with zero attached hydrogens (tertiary/aromatic N) is 1. The summed E-state index contributed by atoms with van der Waals surface area (Å²) in [6.07, 6.45) is 4.33. The summed E-state index contributed by atoms with van der Waals surface area (Å²) in [6, 6.07) is 7.85. The number of aliphatic imine (C=N–C) groups is 1. The third kappa shape index (κ3) is 9.08. The number of nitrogens with one attached hydrogen (secondary N) is 2. The van der Waals surface area contributed by atoms with E-state index in [0.29, 0.717) is 26.4 Å². The predicted octanol–water partition coefficient (Wildman–Crippen LogP) is 2.67. The molecule has 1 atom stereocenters. The number of hydrogen-bond donors (Lipinski definition) is 2. The van der Waals surface area contributed by atoms with Crippen LogP contribution in [0.3, 0.4) is 0 Å². The molecule has 27 heavy (non-hydrogen) atoms. The second kappa shape index (κ2) is 13.4. The van der Waals surface area contributed by atoms with Gasteiger partial charge in [0.25, 0.3) is 0 Å². The molecule has 1 heterocycles. The number of rotatable bonds is 12. The molecule has 0 amide bonds. The van der Waals surface area contributed by atoms with Crippen LogP contribution in [0.25, 0.3) is 0 Å². The first-order valence-electron chi connectivity index (χ1n) is 9.70. The molecule has 2 N–H and O–H groups in total. The van der Waals surface area contributed by atoms with E-state index >= 15 is 0 Å². The maximum Gasteiger partial charge on any atom is 0.195 e. The fraction of sp³-hybridized carbons (Fsp3) is 0.650. The Morgan fingerprint density at radius 1 is 1.26 bits per heavy atom. The molecule has 0 saturated carbocycles. The quantitative estimate of drug-likeness (QED) is 0.330. The van der Waals surface area contributed by atoms with Gasteiger partial charge in [0, 0.05) is 58.7 Å². The van der Waals surface area contributed by atoms with Crippen molar-refractivity contribution in [1.29, 1.82) is 0 Å². The summed E-state index contributed by atoms with van der Waals surface area (Å²) in [5.74, 6) is 1.56. The molecule has 1 aliphatic rings. The minimum atomic E-state index is 0.288. The molecule has 152 valence electrons. The molecule has 0 aromatic heterocycles. The van der Waals surface area contributed by atoms with Gasteiger partial charge >= 0.3 is 0 Å². The summed E-state index contributed by atoms with van der Waals surface area (Å²) in [4.78, 5) is 4.26. The topological polar surface area (TPSA) is 73.3 Å². The molecule has 7 nitrogen and oxygen atoms in total. The third-order valence-corrected chi connectivity index (χ3v) is 4.17. The van der Waals surface area contributed by atoms with Gasteiger partial charge in [0.2, 0.25) is 0 Å². The van der Waals surface area contributed by atoms with Crippen LogP contribution in [0.15, 0.2) is 29.3 Å². The Labute approximate surface area is 162 Å². The highest BCUT2D eigenvalue weighted by atomic mass is 16.5. The first-order valence-corrected chi connectivity index (χ1v) is 9.70. The molecule has 7 heteroatoms. The molecule has 1 aromatic rings. The number of anilines is 1. The average molecular weight is 380 g/mol. The summed E-state index contributed by atoms with van der Waals surface area (Å²) in [5, 5.41) is 6.58. The van der Waals surface area contributed by atoms with Crippen molar-refractivity contribution in [3.63, 3.8) is 0 Å². The fourth-order valence-corrected chi connectivity index (χ4v) is 2.74. The van der Waals surface area contributed by atoms with E-state index in [1.807, 2.05) is 24.3 Å². The molecule has 1 fully saturated rings. The van der Waals surface area contributed by atoms with E-state index in [0.717, 1.165) is 56.2 Å². The lowest BCUT2D eigenvalue weighted by Crippen LogP contribution is -2.32. The second-order valence-electron chi connectivity index (χ2n) is 6.41. The van der Waals surface area contributed by atoms with Crippen LogP contribution in [-0.4, -0.2) is 65.8 Å². The van der Waals surface area contributed by atoms with Gasteiger partial charge in [-0.3, -0.25) is 4.99 Å². The summed E-state index contributed by atoms with van der Waals surface area (Å²) in [7, 11) is 3.45. The highest BCUT2D eigenvalue weighted by Crippen LogP contribution is 2.17. The SMILES string of the molecule is CN=C(NCCCOCC1CCCO1)Nc1cccc(OCCCOC)c1. The largest absolute Gasteiger partial charge is 0.493 e. The van der Waals surface area contributed by atoms with Crippen molar-refractivity contribution in [3.8, 4) is 5.75 Å². The molecule has 1 aromatic carbocycles. The molecule has 0 bridgehead atoms. The molecule has 0 spiro atoms. The van der Waals surface area contributed by atoms with E-state index in [2.05, 4.69) is 15.6 Å². The lowest BCUT2D eigenvalue weighted by Gasteiger charge is -2.14. The van der Waals surface area contributed by atoms with Crippen LogP contribution in [-0.2, 0) is 14.2 Å². The van der Waals surface area contributed by atoms with Crippen LogP contribution in [0, 0.1) is 0 Å². The Bertz CT molecular complexity index is 548. The van der Waals surface area contributed by atoms with Gasteiger partial charge in [-0.15, -0.1) is 0 Å². The highest BCUT2D eigenvalue weighted by molar-refractivity contribution is 5.93. The standard InChI is InChI=1S/C20H33N3O4/c1-21-20(22-10-5-12-25-16-19-9-4-13-27-19)23-17-7-3-8-18(15-17)26-14-6-11-24-2/h3,7-8,15,19H,4-6,9-14,16H2,1-2H3,(H2,21,22,23). The zero-order valence-corrected chi connectivity index (χ0v) is 16.5. The van der Waals surface area contributed by atoms with E-state index in [1.165, 1.54) is 0 Å². The van der Waals surface area contributed by atoms with Crippen LogP contribution >= 0.6 is 0 Å². The lowest BCUT2D eigenvalue weighted by molar-refractivity contribution is 0.0168. The summed E-state index contributed by atoms with van der Waals surface area (Å²) in [6.45, 7) is 4.41. The Hall–Kier alpha value is -1.83.